The third-order valence-electron chi connectivity index (χ3n) is 3.73. The van der Waals surface area contributed by atoms with E-state index in [0.717, 1.165) is 16.9 Å². The van der Waals surface area contributed by atoms with Crippen molar-refractivity contribution in [1.29, 1.82) is 0 Å². The number of hydrogen-bond acceptors (Lipinski definition) is 6. The van der Waals surface area contributed by atoms with Gasteiger partial charge in [-0.3, -0.25) is 4.79 Å². The summed E-state index contributed by atoms with van der Waals surface area (Å²) >= 11 is 1.01. The molecule has 0 saturated heterocycles. The van der Waals surface area contributed by atoms with Gasteiger partial charge in [-0.15, -0.1) is 11.3 Å². The van der Waals surface area contributed by atoms with E-state index in [-0.39, 0.29) is 33.6 Å². The summed E-state index contributed by atoms with van der Waals surface area (Å²) in [6.45, 7) is 10.5. The Hall–Kier alpha value is -2.67. The quantitative estimate of drug-likeness (QED) is 0.704. The molecule has 0 fully saturated rings. The molecule has 6 nitrogen and oxygen atoms in total. The fourth-order valence-electron chi connectivity index (χ4n) is 2.54. The molecule has 150 valence electrons. The normalized spacial score (nSPS) is 10.9. The lowest BCUT2D eigenvalue weighted by Crippen LogP contribution is -2.17. The predicted molar refractivity (Wildman–Crippen MR) is 109 cm³/mol. The summed E-state index contributed by atoms with van der Waals surface area (Å²) in [5.74, 6) is -1.49. The van der Waals surface area contributed by atoms with E-state index in [9.17, 15) is 14.4 Å². The molecule has 1 amide bonds. The molecular formula is C21H25NO5S. The van der Waals surface area contributed by atoms with Crippen LogP contribution < -0.4 is 5.32 Å². The molecule has 0 bridgehead atoms. The van der Waals surface area contributed by atoms with Crippen LogP contribution in [0.2, 0.25) is 0 Å². The number of benzene rings is 1. The third kappa shape index (κ3) is 5.19. The largest absolute Gasteiger partial charge is 0.459 e. The lowest BCUT2D eigenvalue weighted by molar-refractivity contribution is 0.0378. The van der Waals surface area contributed by atoms with Crippen LogP contribution in [0.5, 0.6) is 0 Å². The molecule has 7 heteroatoms. The van der Waals surface area contributed by atoms with Crippen molar-refractivity contribution in [2.75, 3.05) is 5.32 Å². The Kier molecular flexibility index (Phi) is 6.96. The Morgan fingerprint density at radius 1 is 0.964 bits per heavy atom. The van der Waals surface area contributed by atoms with Crippen LogP contribution in [-0.2, 0) is 9.47 Å². The maximum Gasteiger partial charge on any atom is 0.348 e. The number of hydrogen-bond donors (Lipinski definition) is 1. The van der Waals surface area contributed by atoms with Crippen LogP contribution in [0.1, 0.15) is 69.2 Å². The lowest BCUT2D eigenvalue weighted by Gasteiger charge is -2.10. The summed E-state index contributed by atoms with van der Waals surface area (Å²) in [6.07, 6.45) is -0.636. The van der Waals surface area contributed by atoms with Gasteiger partial charge in [0.2, 0.25) is 0 Å². The first kappa shape index (κ1) is 21.6. The van der Waals surface area contributed by atoms with Crippen molar-refractivity contribution in [3.05, 3.63) is 51.4 Å². The topological polar surface area (TPSA) is 81.7 Å². The second-order valence-corrected chi connectivity index (χ2v) is 8.01. The predicted octanol–water partition coefficient (Wildman–Crippen LogP) is 4.75. The molecule has 0 radical (unpaired) electrons. The zero-order chi connectivity index (χ0) is 21.0. The highest BCUT2D eigenvalue weighted by Gasteiger charge is 2.28. The van der Waals surface area contributed by atoms with Crippen LogP contribution in [0.4, 0.5) is 5.00 Å². The fourth-order valence-corrected chi connectivity index (χ4v) is 3.62. The average molecular weight is 404 g/mol. The molecule has 0 unspecified atom stereocenters. The molecule has 0 aliphatic rings. The Labute approximate surface area is 168 Å². The number of aryl methyl sites for hydroxylation is 1. The molecule has 0 aliphatic carbocycles. The molecule has 2 rings (SSSR count). The van der Waals surface area contributed by atoms with Gasteiger partial charge < -0.3 is 14.8 Å². The SMILES string of the molecule is Cc1cccc(C(=O)Nc2sc(C(=O)OC(C)C)c(C)c2C(=O)OC(C)C)c1. The summed E-state index contributed by atoms with van der Waals surface area (Å²) in [4.78, 5) is 37.9. The van der Waals surface area contributed by atoms with Crippen LogP contribution in [-0.4, -0.2) is 30.1 Å². The number of carbonyl (C=O) groups is 3. The minimum Gasteiger partial charge on any atom is -0.459 e. The van der Waals surface area contributed by atoms with Gasteiger partial charge in [-0.25, -0.2) is 9.59 Å². The van der Waals surface area contributed by atoms with Crippen molar-refractivity contribution in [1.82, 2.24) is 0 Å². The number of esters is 2. The van der Waals surface area contributed by atoms with E-state index in [1.54, 1.807) is 52.8 Å². The van der Waals surface area contributed by atoms with E-state index in [4.69, 9.17) is 9.47 Å². The number of anilines is 1. The van der Waals surface area contributed by atoms with Crippen molar-refractivity contribution < 1.29 is 23.9 Å². The molecule has 1 aromatic heterocycles. The van der Waals surface area contributed by atoms with Gasteiger partial charge in [-0.2, -0.15) is 0 Å². The van der Waals surface area contributed by atoms with Gasteiger partial charge in [0.15, 0.2) is 0 Å². The first-order chi connectivity index (χ1) is 13.1. The summed E-state index contributed by atoms with van der Waals surface area (Å²) in [5.41, 5.74) is 2.01. The number of amides is 1. The van der Waals surface area contributed by atoms with E-state index >= 15 is 0 Å². The van der Waals surface area contributed by atoms with E-state index < -0.39 is 11.9 Å². The first-order valence-electron chi connectivity index (χ1n) is 9.03. The molecular weight excluding hydrogens is 378 g/mol. The second-order valence-electron chi connectivity index (χ2n) is 6.99. The van der Waals surface area contributed by atoms with Crippen LogP contribution >= 0.6 is 11.3 Å². The van der Waals surface area contributed by atoms with Gasteiger partial charge in [0.25, 0.3) is 5.91 Å². The van der Waals surface area contributed by atoms with Gasteiger partial charge in [0.1, 0.15) is 9.88 Å². The van der Waals surface area contributed by atoms with Crippen LogP contribution in [0.3, 0.4) is 0 Å². The second kappa shape index (κ2) is 9.01. The van der Waals surface area contributed by atoms with Gasteiger partial charge in [0, 0.05) is 5.56 Å². The number of ether oxygens (including phenoxy) is 2. The van der Waals surface area contributed by atoms with Crippen molar-refractivity contribution in [2.24, 2.45) is 0 Å². The molecule has 0 spiro atoms. The van der Waals surface area contributed by atoms with Gasteiger partial charge in [-0.1, -0.05) is 17.7 Å². The van der Waals surface area contributed by atoms with Crippen LogP contribution in [0.25, 0.3) is 0 Å². The molecule has 0 atom stereocenters. The lowest BCUT2D eigenvalue weighted by atomic mass is 10.1. The standard InChI is InChI=1S/C21H25NO5S/c1-11(2)26-20(24)16-14(6)17(21(25)27-12(3)4)28-19(16)22-18(23)15-9-7-8-13(5)10-15/h7-12H,1-6H3,(H,22,23). The fraction of sp³-hybridized carbons (Fsp3) is 0.381. The average Bonchev–Trinajstić information content (AvgIpc) is 2.90. The molecule has 1 heterocycles. The van der Waals surface area contributed by atoms with Crippen LogP contribution in [0, 0.1) is 13.8 Å². The first-order valence-corrected chi connectivity index (χ1v) is 9.85. The Morgan fingerprint density at radius 3 is 2.14 bits per heavy atom. The highest BCUT2D eigenvalue weighted by atomic mass is 32.1. The van der Waals surface area contributed by atoms with E-state index in [1.165, 1.54) is 0 Å². The Bertz CT molecular complexity index is 898. The molecule has 28 heavy (non-hydrogen) atoms. The Morgan fingerprint density at radius 2 is 1.57 bits per heavy atom. The molecule has 2 aromatic rings. The minimum atomic E-state index is -0.591. The number of carbonyl (C=O) groups excluding carboxylic acids is 3. The minimum absolute atomic E-state index is 0.176. The number of thiophene rings is 1. The summed E-state index contributed by atoms with van der Waals surface area (Å²) in [7, 11) is 0. The monoisotopic (exact) mass is 403 g/mol. The van der Waals surface area contributed by atoms with Gasteiger partial charge >= 0.3 is 11.9 Å². The molecule has 0 saturated carbocycles. The summed E-state index contributed by atoms with van der Waals surface area (Å²) < 4.78 is 10.6. The maximum absolute atomic E-state index is 12.7. The Balaban J connectivity index is 2.44. The maximum atomic E-state index is 12.7. The number of rotatable bonds is 6. The summed E-state index contributed by atoms with van der Waals surface area (Å²) in [6, 6.07) is 7.10. The van der Waals surface area contributed by atoms with Gasteiger partial charge in [0.05, 0.1) is 17.8 Å². The van der Waals surface area contributed by atoms with E-state index in [1.807, 2.05) is 13.0 Å². The number of nitrogens with one attached hydrogen (secondary N) is 1. The van der Waals surface area contributed by atoms with Crippen molar-refractivity contribution in [3.63, 3.8) is 0 Å². The van der Waals surface area contributed by atoms with E-state index in [0.29, 0.717) is 11.1 Å². The highest BCUT2D eigenvalue weighted by molar-refractivity contribution is 7.18. The van der Waals surface area contributed by atoms with Crippen molar-refractivity contribution in [2.45, 2.75) is 53.8 Å². The van der Waals surface area contributed by atoms with Crippen molar-refractivity contribution in [3.8, 4) is 0 Å². The zero-order valence-electron chi connectivity index (χ0n) is 16.9. The van der Waals surface area contributed by atoms with Crippen LogP contribution in [0.15, 0.2) is 24.3 Å². The highest BCUT2D eigenvalue weighted by Crippen LogP contribution is 2.35. The third-order valence-corrected chi connectivity index (χ3v) is 4.92. The zero-order valence-corrected chi connectivity index (χ0v) is 17.7. The van der Waals surface area contributed by atoms with E-state index in [2.05, 4.69) is 5.32 Å². The van der Waals surface area contributed by atoms with Gasteiger partial charge in [-0.05, 0) is 59.2 Å². The smallest absolute Gasteiger partial charge is 0.348 e. The molecule has 0 aliphatic heterocycles. The molecule has 1 aromatic carbocycles. The molecule has 1 N–H and O–H groups in total. The summed E-state index contributed by atoms with van der Waals surface area (Å²) in [5, 5.41) is 3.02. The van der Waals surface area contributed by atoms with Crippen molar-refractivity contribution >= 4 is 34.2 Å².